The molecule has 4 heteroatoms. The summed E-state index contributed by atoms with van der Waals surface area (Å²) in [4.78, 5) is 4.42. The molecule has 16 heavy (non-hydrogen) atoms. The van der Waals surface area contributed by atoms with Crippen LogP contribution in [-0.2, 0) is 0 Å². The Bertz CT molecular complexity index is 538. The van der Waals surface area contributed by atoms with E-state index in [9.17, 15) is 0 Å². The molecule has 0 saturated heterocycles. The molecule has 0 fully saturated rings. The van der Waals surface area contributed by atoms with Crippen LogP contribution < -0.4 is 5.32 Å². The molecule has 0 atom stereocenters. The summed E-state index contributed by atoms with van der Waals surface area (Å²) < 4.78 is 0. The number of pyridine rings is 1. The van der Waals surface area contributed by atoms with Crippen molar-refractivity contribution >= 4 is 39.8 Å². The average molecular weight is 255 g/mol. The summed E-state index contributed by atoms with van der Waals surface area (Å²) in [5.74, 6) is 0. The van der Waals surface area contributed by atoms with Crippen molar-refractivity contribution in [3.63, 3.8) is 0 Å². The Kier molecular flexibility index (Phi) is 3.22. The number of rotatable bonds is 2. The van der Waals surface area contributed by atoms with E-state index in [4.69, 9.17) is 23.2 Å². The molecular weight excluding hydrogens is 243 g/mol. The minimum Gasteiger partial charge on any atom is -0.385 e. The first-order valence-electron chi connectivity index (χ1n) is 5.12. The van der Waals surface area contributed by atoms with Gasteiger partial charge in [0.1, 0.15) is 0 Å². The van der Waals surface area contributed by atoms with Gasteiger partial charge in [0.05, 0.1) is 15.6 Å². The van der Waals surface area contributed by atoms with Crippen LogP contribution in [0.5, 0.6) is 0 Å². The van der Waals surface area contributed by atoms with Crippen molar-refractivity contribution in [2.24, 2.45) is 0 Å². The van der Waals surface area contributed by atoms with E-state index in [1.165, 1.54) is 0 Å². The summed E-state index contributed by atoms with van der Waals surface area (Å²) in [5.41, 5.74) is 2.72. The maximum absolute atomic E-state index is 6.15. The van der Waals surface area contributed by atoms with Gasteiger partial charge in [0.15, 0.2) is 0 Å². The molecular formula is C12H12Cl2N2. The fraction of sp³-hybridized carbons (Fsp3) is 0.250. The van der Waals surface area contributed by atoms with Crippen molar-refractivity contribution in [2.75, 3.05) is 11.9 Å². The van der Waals surface area contributed by atoms with Crippen molar-refractivity contribution in [2.45, 2.75) is 13.8 Å². The molecule has 2 nitrogen and oxygen atoms in total. The number of benzene rings is 1. The van der Waals surface area contributed by atoms with Gasteiger partial charge in [0.2, 0.25) is 0 Å². The lowest BCUT2D eigenvalue weighted by Gasteiger charge is -2.10. The van der Waals surface area contributed by atoms with E-state index in [2.05, 4.69) is 17.2 Å². The molecule has 2 aromatic rings. The van der Waals surface area contributed by atoms with Gasteiger partial charge in [-0.2, -0.15) is 0 Å². The van der Waals surface area contributed by atoms with Crippen LogP contribution in [0.3, 0.4) is 0 Å². The van der Waals surface area contributed by atoms with E-state index in [0.717, 1.165) is 28.8 Å². The third kappa shape index (κ3) is 1.95. The van der Waals surface area contributed by atoms with E-state index in [1.54, 1.807) is 6.07 Å². The molecule has 0 spiro atoms. The molecule has 0 radical (unpaired) electrons. The van der Waals surface area contributed by atoms with Crippen LogP contribution >= 0.6 is 23.2 Å². The summed E-state index contributed by atoms with van der Waals surface area (Å²) in [6.45, 7) is 4.86. The van der Waals surface area contributed by atoms with Crippen LogP contribution in [0.15, 0.2) is 18.2 Å². The summed E-state index contributed by atoms with van der Waals surface area (Å²) in [6.07, 6.45) is 0. The van der Waals surface area contributed by atoms with E-state index < -0.39 is 0 Å². The molecule has 0 bridgehead atoms. The Balaban J connectivity index is 2.78. The van der Waals surface area contributed by atoms with Crippen molar-refractivity contribution in [3.8, 4) is 0 Å². The Morgan fingerprint density at radius 2 is 2.06 bits per heavy atom. The fourth-order valence-electron chi connectivity index (χ4n) is 1.70. The van der Waals surface area contributed by atoms with Gasteiger partial charge >= 0.3 is 0 Å². The monoisotopic (exact) mass is 254 g/mol. The predicted molar refractivity (Wildman–Crippen MR) is 70.7 cm³/mol. The van der Waals surface area contributed by atoms with Gasteiger partial charge < -0.3 is 5.32 Å². The Morgan fingerprint density at radius 1 is 1.31 bits per heavy atom. The van der Waals surface area contributed by atoms with Crippen LogP contribution in [0, 0.1) is 6.92 Å². The lowest BCUT2D eigenvalue weighted by Crippen LogP contribution is -1.99. The molecule has 0 saturated carbocycles. The zero-order valence-corrected chi connectivity index (χ0v) is 10.7. The van der Waals surface area contributed by atoms with Crippen molar-refractivity contribution in [1.29, 1.82) is 0 Å². The van der Waals surface area contributed by atoms with E-state index >= 15 is 0 Å². The van der Waals surface area contributed by atoms with Gasteiger partial charge in [-0.25, -0.2) is 0 Å². The molecule has 0 aliphatic carbocycles. The zero-order chi connectivity index (χ0) is 11.7. The maximum atomic E-state index is 6.15. The lowest BCUT2D eigenvalue weighted by atomic mass is 10.1. The molecule has 0 aliphatic rings. The van der Waals surface area contributed by atoms with Crippen molar-refractivity contribution in [1.82, 2.24) is 4.98 Å². The predicted octanol–water partition coefficient (Wildman–Crippen LogP) is 4.28. The summed E-state index contributed by atoms with van der Waals surface area (Å²) in [7, 11) is 0. The van der Waals surface area contributed by atoms with Gasteiger partial charge in [0, 0.05) is 23.3 Å². The molecule has 1 aromatic carbocycles. The van der Waals surface area contributed by atoms with Crippen LogP contribution in [0.4, 0.5) is 5.69 Å². The first-order valence-corrected chi connectivity index (χ1v) is 5.88. The molecule has 1 heterocycles. The third-order valence-corrected chi connectivity index (χ3v) is 3.16. The molecule has 84 valence electrons. The van der Waals surface area contributed by atoms with Crippen molar-refractivity contribution in [3.05, 3.63) is 33.9 Å². The first kappa shape index (κ1) is 11.5. The van der Waals surface area contributed by atoms with Crippen LogP contribution in [0.1, 0.15) is 12.6 Å². The number of hydrogen-bond donors (Lipinski definition) is 1. The topological polar surface area (TPSA) is 24.9 Å². The standard InChI is InChI=1S/C12H12Cl2N2/c1-3-15-10-6-7(2)16-12-8(10)4-5-9(13)11(12)14/h4-6H,3H2,1-2H3,(H,15,16). The van der Waals surface area contributed by atoms with Crippen LogP contribution in [-0.4, -0.2) is 11.5 Å². The number of anilines is 1. The minimum atomic E-state index is 0.516. The maximum Gasteiger partial charge on any atom is 0.0927 e. The lowest BCUT2D eigenvalue weighted by molar-refractivity contribution is 1.19. The Hall–Kier alpha value is -0.990. The minimum absolute atomic E-state index is 0.516. The number of aromatic nitrogens is 1. The molecule has 0 aliphatic heterocycles. The number of nitrogens with one attached hydrogen (secondary N) is 1. The quantitative estimate of drug-likeness (QED) is 0.866. The fourth-order valence-corrected chi connectivity index (χ4v) is 2.06. The highest BCUT2D eigenvalue weighted by Gasteiger charge is 2.09. The molecule has 1 N–H and O–H groups in total. The smallest absolute Gasteiger partial charge is 0.0927 e. The van der Waals surface area contributed by atoms with Crippen LogP contribution in [0.2, 0.25) is 10.0 Å². The van der Waals surface area contributed by atoms with E-state index in [1.807, 2.05) is 19.1 Å². The number of hydrogen-bond acceptors (Lipinski definition) is 2. The first-order chi connectivity index (χ1) is 7.63. The van der Waals surface area contributed by atoms with E-state index in [-0.39, 0.29) is 0 Å². The second-order valence-corrected chi connectivity index (χ2v) is 4.38. The number of aryl methyl sites for hydroxylation is 1. The second kappa shape index (κ2) is 4.48. The molecule has 0 unspecified atom stereocenters. The van der Waals surface area contributed by atoms with E-state index in [0.29, 0.717) is 10.0 Å². The van der Waals surface area contributed by atoms with Crippen LogP contribution in [0.25, 0.3) is 10.9 Å². The highest BCUT2D eigenvalue weighted by Crippen LogP contribution is 2.33. The second-order valence-electron chi connectivity index (χ2n) is 3.60. The highest BCUT2D eigenvalue weighted by atomic mass is 35.5. The SMILES string of the molecule is CCNc1cc(C)nc2c(Cl)c(Cl)ccc12. The van der Waals surface area contributed by atoms with Crippen molar-refractivity contribution < 1.29 is 0 Å². The number of fused-ring (bicyclic) bond motifs is 1. The number of halogens is 2. The van der Waals surface area contributed by atoms with Gasteiger partial charge in [-0.15, -0.1) is 0 Å². The van der Waals surface area contributed by atoms with Gasteiger partial charge in [-0.1, -0.05) is 23.2 Å². The Morgan fingerprint density at radius 3 is 2.75 bits per heavy atom. The molecule has 0 amide bonds. The zero-order valence-electron chi connectivity index (χ0n) is 9.14. The number of nitrogens with zero attached hydrogens (tertiary/aromatic N) is 1. The summed E-state index contributed by atoms with van der Waals surface area (Å²) >= 11 is 12.1. The van der Waals surface area contributed by atoms with Gasteiger partial charge in [-0.05, 0) is 32.0 Å². The molecule has 1 aromatic heterocycles. The third-order valence-electron chi connectivity index (χ3n) is 2.37. The normalized spacial score (nSPS) is 10.8. The largest absolute Gasteiger partial charge is 0.385 e. The highest BCUT2D eigenvalue weighted by molar-refractivity contribution is 6.45. The summed E-state index contributed by atoms with van der Waals surface area (Å²) in [6, 6.07) is 5.74. The van der Waals surface area contributed by atoms with Gasteiger partial charge in [-0.3, -0.25) is 4.98 Å². The Labute approximate surface area is 105 Å². The summed E-state index contributed by atoms with van der Waals surface area (Å²) in [5, 5.41) is 5.35. The average Bonchev–Trinajstić information content (AvgIpc) is 2.24. The van der Waals surface area contributed by atoms with Gasteiger partial charge in [0.25, 0.3) is 0 Å². The molecule has 2 rings (SSSR count).